The number of ether oxygens (including phenoxy) is 3. The number of hydrazone groups is 1. The lowest BCUT2D eigenvalue weighted by Gasteiger charge is -2.14. The van der Waals surface area contributed by atoms with Crippen molar-refractivity contribution in [3.63, 3.8) is 0 Å². The SMILES string of the molecule is CCOC(=O)Cc1cc2c(cc1/C(=N\NC(=O)NC)c1ccc(N)cc1)OCO2. The van der Waals surface area contributed by atoms with Crippen molar-refractivity contribution < 1.29 is 23.8 Å². The molecule has 152 valence electrons. The molecule has 9 nitrogen and oxygen atoms in total. The Bertz CT molecular complexity index is 941. The molecule has 0 aromatic heterocycles. The van der Waals surface area contributed by atoms with E-state index in [9.17, 15) is 9.59 Å². The Labute approximate surface area is 167 Å². The van der Waals surface area contributed by atoms with E-state index in [4.69, 9.17) is 19.9 Å². The van der Waals surface area contributed by atoms with E-state index in [1.165, 1.54) is 7.05 Å². The van der Waals surface area contributed by atoms with Gasteiger partial charge in [0.15, 0.2) is 11.5 Å². The average molecular weight is 398 g/mol. The van der Waals surface area contributed by atoms with E-state index in [0.29, 0.717) is 39.6 Å². The number of carbonyl (C=O) groups excluding carboxylic acids is 2. The molecule has 1 aliphatic rings. The molecule has 2 aromatic carbocycles. The van der Waals surface area contributed by atoms with Crippen molar-refractivity contribution in [1.82, 2.24) is 10.7 Å². The summed E-state index contributed by atoms with van der Waals surface area (Å²) in [5, 5.41) is 6.71. The van der Waals surface area contributed by atoms with Crippen LogP contribution in [0.1, 0.15) is 23.6 Å². The van der Waals surface area contributed by atoms with Crippen LogP contribution in [0.3, 0.4) is 0 Å². The highest BCUT2D eigenvalue weighted by Crippen LogP contribution is 2.36. The quantitative estimate of drug-likeness (QED) is 0.295. The van der Waals surface area contributed by atoms with Gasteiger partial charge in [-0.25, -0.2) is 10.2 Å². The monoisotopic (exact) mass is 398 g/mol. The highest BCUT2D eigenvalue weighted by molar-refractivity contribution is 6.14. The van der Waals surface area contributed by atoms with Crippen molar-refractivity contribution in [3.05, 3.63) is 53.1 Å². The van der Waals surface area contributed by atoms with Gasteiger partial charge in [-0.1, -0.05) is 12.1 Å². The summed E-state index contributed by atoms with van der Waals surface area (Å²) >= 11 is 0. The lowest BCUT2D eigenvalue weighted by Crippen LogP contribution is -2.30. The molecule has 4 N–H and O–H groups in total. The maximum absolute atomic E-state index is 12.2. The first-order valence-electron chi connectivity index (χ1n) is 9.01. The number of benzene rings is 2. The number of fused-ring (bicyclic) bond motifs is 1. The number of nitrogens with two attached hydrogens (primary N) is 1. The van der Waals surface area contributed by atoms with E-state index in [2.05, 4.69) is 15.8 Å². The molecular weight excluding hydrogens is 376 g/mol. The zero-order valence-electron chi connectivity index (χ0n) is 16.2. The third kappa shape index (κ3) is 4.75. The molecule has 1 heterocycles. The van der Waals surface area contributed by atoms with Gasteiger partial charge in [-0.3, -0.25) is 4.79 Å². The lowest BCUT2D eigenvalue weighted by atomic mass is 9.95. The molecule has 2 amide bonds. The smallest absolute Gasteiger partial charge is 0.334 e. The molecule has 9 heteroatoms. The standard InChI is InChI=1S/C20H22N4O5/c1-3-27-18(25)9-13-8-16-17(29-11-28-16)10-15(13)19(23-24-20(26)22-2)12-4-6-14(21)7-5-12/h4-8,10H,3,9,11,21H2,1-2H3,(H2,22,24,26)/b23-19-. The third-order valence-electron chi connectivity index (χ3n) is 4.17. The summed E-state index contributed by atoms with van der Waals surface area (Å²) in [5.41, 5.74) is 11.2. The van der Waals surface area contributed by atoms with Crippen molar-refractivity contribution in [2.24, 2.45) is 5.10 Å². The maximum Gasteiger partial charge on any atom is 0.334 e. The molecule has 1 aliphatic heterocycles. The number of nitrogens with zero attached hydrogens (tertiary/aromatic N) is 1. The summed E-state index contributed by atoms with van der Waals surface area (Å²) in [7, 11) is 1.49. The van der Waals surface area contributed by atoms with Gasteiger partial charge in [0, 0.05) is 23.9 Å². The van der Waals surface area contributed by atoms with Gasteiger partial charge in [-0.15, -0.1) is 0 Å². The summed E-state index contributed by atoms with van der Waals surface area (Å²) in [5.74, 6) is 0.670. The normalized spacial score (nSPS) is 12.4. The zero-order valence-corrected chi connectivity index (χ0v) is 16.2. The molecule has 0 spiro atoms. The molecule has 0 bridgehead atoms. The van der Waals surface area contributed by atoms with Gasteiger partial charge >= 0.3 is 12.0 Å². The largest absolute Gasteiger partial charge is 0.466 e. The summed E-state index contributed by atoms with van der Waals surface area (Å²) in [6.45, 7) is 2.10. The Balaban J connectivity index is 2.11. The first-order chi connectivity index (χ1) is 14.0. The van der Waals surface area contributed by atoms with Crippen LogP contribution in [0.2, 0.25) is 0 Å². The summed E-state index contributed by atoms with van der Waals surface area (Å²) in [4.78, 5) is 23.9. The predicted octanol–water partition coefficient (Wildman–Crippen LogP) is 1.78. The molecule has 0 saturated carbocycles. The number of urea groups is 1. The van der Waals surface area contributed by atoms with Crippen LogP contribution in [0.25, 0.3) is 0 Å². The number of carbonyl (C=O) groups is 2. The molecular formula is C20H22N4O5. The molecule has 0 saturated heterocycles. The van der Waals surface area contributed by atoms with E-state index >= 15 is 0 Å². The van der Waals surface area contributed by atoms with Gasteiger partial charge in [0.25, 0.3) is 0 Å². The number of rotatable bonds is 6. The maximum atomic E-state index is 12.2. The zero-order chi connectivity index (χ0) is 20.8. The van der Waals surface area contributed by atoms with Crippen molar-refractivity contribution >= 4 is 23.4 Å². The van der Waals surface area contributed by atoms with Crippen LogP contribution in [-0.2, 0) is 16.0 Å². The van der Waals surface area contributed by atoms with E-state index in [-0.39, 0.29) is 25.8 Å². The van der Waals surface area contributed by atoms with Crippen LogP contribution in [0.15, 0.2) is 41.5 Å². The van der Waals surface area contributed by atoms with Crippen LogP contribution in [0.5, 0.6) is 11.5 Å². The second kappa shape index (κ2) is 8.96. The second-order valence-corrected chi connectivity index (χ2v) is 6.12. The molecule has 3 rings (SSSR count). The summed E-state index contributed by atoms with van der Waals surface area (Å²) in [6.07, 6.45) is 0.00772. The minimum absolute atomic E-state index is 0.00772. The molecule has 0 unspecified atom stereocenters. The van der Waals surface area contributed by atoms with Crippen molar-refractivity contribution in [3.8, 4) is 11.5 Å². The van der Waals surface area contributed by atoms with Gasteiger partial charge in [-0.05, 0) is 36.8 Å². The highest BCUT2D eigenvalue weighted by Gasteiger charge is 2.23. The van der Waals surface area contributed by atoms with Crippen LogP contribution < -0.4 is 25.9 Å². The molecule has 0 fully saturated rings. The minimum Gasteiger partial charge on any atom is -0.466 e. The lowest BCUT2D eigenvalue weighted by molar-refractivity contribution is -0.142. The number of anilines is 1. The topological polar surface area (TPSA) is 124 Å². The Morgan fingerprint density at radius 3 is 2.52 bits per heavy atom. The second-order valence-electron chi connectivity index (χ2n) is 6.12. The van der Waals surface area contributed by atoms with E-state index < -0.39 is 6.03 Å². The fourth-order valence-electron chi connectivity index (χ4n) is 2.80. The van der Waals surface area contributed by atoms with Crippen molar-refractivity contribution in [2.45, 2.75) is 13.3 Å². The van der Waals surface area contributed by atoms with Crippen LogP contribution in [-0.4, -0.2) is 38.2 Å². The van der Waals surface area contributed by atoms with Gasteiger partial charge in [0.1, 0.15) is 0 Å². The fraction of sp³-hybridized carbons (Fsp3) is 0.250. The van der Waals surface area contributed by atoms with Gasteiger partial charge in [-0.2, -0.15) is 5.10 Å². The third-order valence-corrected chi connectivity index (χ3v) is 4.17. The molecule has 0 atom stereocenters. The van der Waals surface area contributed by atoms with Crippen LogP contribution >= 0.6 is 0 Å². The van der Waals surface area contributed by atoms with Gasteiger partial charge in [0.2, 0.25) is 6.79 Å². The Morgan fingerprint density at radius 1 is 1.17 bits per heavy atom. The van der Waals surface area contributed by atoms with Crippen molar-refractivity contribution in [2.75, 3.05) is 26.2 Å². The molecule has 2 aromatic rings. The van der Waals surface area contributed by atoms with Crippen molar-refractivity contribution in [1.29, 1.82) is 0 Å². The Hall–Kier alpha value is -3.75. The highest BCUT2D eigenvalue weighted by atomic mass is 16.7. The van der Waals surface area contributed by atoms with Gasteiger partial charge in [0.05, 0.1) is 18.7 Å². The van der Waals surface area contributed by atoms with Crippen LogP contribution in [0.4, 0.5) is 10.5 Å². The number of esters is 1. The Kier molecular flexibility index (Phi) is 6.18. The van der Waals surface area contributed by atoms with Crippen LogP contribution in [0, 0.1) is 0 Å². The number of hydrogen-bond donors (Lipinski definition) is 3. The number of amides is 2. The minimum atomic E-state index is -0.481. The molecule has 29 heavy (non-hydrogen) atoms. The van der Waals surface area contributed by atoms with Gasteiger partial charge < -0.3 is 25.3 Å². The van der Waals surface area contributed by atoms with E-state index in [1.807, 2.05) is 0 Å². The summed E-state index contributed by atoms with van der Waals surface area (Å²) < 4.78 is 16.0. The Morgan fingerprint density at radius 2 is 1.86 bits per heavy atom. The molecule has 0 radical (unpaired) electrons. The average Bonchev–Trinajstić information content (AvgIpc) is 3.16. The van der Waals surface area contributed by atoms with E-state index in [0.717, 1.165) is 0 Å². The molecule has 0 aliphatic carbocycles. The first-order valence-corrected chi connectivity index (χ1v) is 9.01. The predicted molar refractivity (Wildman–Crippen MR) is 107 cm³/mol. The van der Waals surface area contributed by atoms with E-state index in [1.54, 1.807) is 43.3 Å². The number of nitrogen functional groups attached to an aromatic ring is 1. The summed E-state index contributed by atoms with van der Waals surface area (Å²) in [6, 6.07) is 9.98. The first kappa shape index (κ1) is 20.0. The number of nitrogens with one attached hydrogen (secondary N) is 2. The fourth-order valence-corrected chi connectivity index (χ4v) is 2.80. The number of hydrogen-bond acceptors (Lipinski definition) is 7.